The predicted molar refractivity (Wildman–Crippen MR) is 158 cm³/mol. The number of thioether (sulfide) groups is 1. The maximum absolute atomic E-state index is 12.9. The van der Waals surface area contributed by atoms with Crippen LogP contribution in [0.4, 0.5) is 17.2 Å². The lowest BCUT2D eigenvalue weighted by atomic mass is 9.89. The molecule has 0 saturated carbocycles. The number of benzene rings is 3. The van der Waals surface area contributed by atoms with Crippen LogP contribution in [0.2, 0.25) is 0 Å². The Balaban J connectivity index is 1.34. The third-order valence-electron chi connectivity index (χ3n) is 7.03. The van der Waals surface area contributed by atoms with E-state index in [9.17, 15) is 10.1 Å². The SMILES string of the molecule is Cc1ccc(Nc2c(C#N)c3c(c4nnc(SCC(=O)Nc5ccc6ccccc6c5)n24)COC(C)(C)C3)cc1. The molecular weight excluding hydrogens is 520 g/mol. The predicted octanol–water partition coefficient (Wildman–Crippen LogP) is 6.39. The quantitative estimate of drug-likeness (QED) is 0.237. The van der Waals surface area contributed by atoms with Crippen LogP contribution in [0.1, 0.15) is 36.1 Å². The van der Waals surface area contributed by atoms with Crippen molar-refractivity contribution < 1.29 is 9.53 Å². The van der Waals surface area contributed by atoms with E-state index >= 15 is 0 Å². The van der Waals surface area contributed by atoms with Crippen molar-refractivity contribution in [3.63, 3.8) is 0 Å². The number of hydrogen-bond acceptors (Lipinski definition) is 7. The molecule has 6 rings (SSSR count). The van der Waals surface area contributed by atoms with Gasteiger partial charge >= 0.3 is 0 Å². The first-order chi connectivity index (χ1) is 19.3. The summed E-state index contributed by atoms with van der Waals surface area (Å²) in [6.45, 7) is 6.40. The van der Waals surface area contributed by atoms with Gasteiger partial charge in [-0.25, -0.2) is 0 Å². The van der Waals surface area contributed by atoms with Crippen LogP contribution in [0, 0.1) is 18.3 Å². The van der Waals surface area contributed by atoms with Crippen LogP contribution in [-0.2, 0) is 22.6 Å². The van der Waals surface area contributed by atoms with Crippen LogP contribution < -0.4 is 10.6 Å². The van der Waals surface area contributed by atoms with E-state index in [2.05, 4.69) is 26.9 Å². The largest absolute Gasteiger partial charge is 0.370 e. The molecule has 0 bridgehead atoms. The number of carbonyl (C=O) groups excluding carboxylic acids is 1. The van der Waals surface area contributed by atoms with Gasteiger partial charge in [-0.1, -0.05) is 59.8 Å². The summed E-state index contributed by atoms with van der Waals surface area (Å²) in [5, 5.41) is 28.4. The highest BCUT2D eigenvalue weighted by atomic mass is 32.2. The lowest BCUT2D eigenvalue weighted by molar-refractivity contribution is -0.113. The Bertz CT molecular complexity index is 1800. The second kappa shape index (κ2) is 10.3. The van der Waals surface area contributed by atoms with E-state index in [-0.39, 0.29) is 11.7 Å². The zero-order valence-corrected chi connectivity index (χ0v) is 23.3. The average Bonchev–Trinajstić information content (AvgIpc) is 3.36. The summed E-state index contributed by atoms with van der Waals surface area (Å²) in [7, 11) is 0. The molecule has 2 aromatic heterocycles. The highest BCUT2D eigenvalue weighted by molar-refractivity contribution is 7.99. The van der Waals surface area contributed by atoms with Gasteiger partial charge < -0.3 is 15.4 Å². The highest BCUT2D eigenvalue weighted by Gasteiger charge is 2.33. The third-order valence-corrected chi connectivity index (χ3v) is 7.96. The first-order valence-electron chi connectivity index (χ1n) is 13.0. The molecule has 0 aliphatic carbocycles. The molecule has 0 radical (unpaired) electrons. The van der Waals surface area contributed by atoms with E-state index < -0.39 is 5.60 Å². The summed E-state index contributed by atoms with van der Waals surface area (Å²) in [6.07, 6.45) is 0.577. The Morgan fingerprint density at radius 2 is 1.80 bits per heavy atom. The maximum Gasteiger partial charge on any atom is 0.234 e. The van der Waals surface area contributed by atoms with Gasteiger partial charge in [-0.05, 0) is 61.4 Å². The molecule has 1 amide bonds. The summed E-state index contributed by atoms with van der Waals surface area (Å²) in [5.74, 6) is 0.550. The number of carbonyl (C=O) groups is 1. The number of rotatable bonds is 6. The van der Waals surface area contributed by atoms with Gasteiger partial charge in [0.1, 0.15) is 11.9 Å². The average molecular weight is 549 g/mol. The minimum atomic E-state index is -0.406. The van der Waals surface area contributed by atoms with Crippen molar-refractivity contribution in [2.24, 2.45) is 0 Å². The lowest BCUT2D eigenvalue weighted by Gasteiger charge is -2.33. The molecule has 9 heteroatoms. The monoisotopic (exact) mass is 548 g/mol. The number of nitrogens with one attached hydrogen (secondary N) is 2. The molecule has 3 aromatic carbocycles. The summed E-state index contributed by atoms with van der Waals surface area (Å²) in [6, 6.07) is 24.3. The van der Waals surface area contributed by atoms with Crippen molar-refractivity contribution in [2.75, 3.05) is 16.4 Å². The number of ether oxygens (including phenoxy) is 1. The van der Waals surface area contributed by atoms with Gasteiger partial charge in [-0.3, -0.25) is 9.20 Å². The van der Waals surface area contributed by atoms with Gasteiger partial charge in [0, 0.05) is 23.4 Å². The highest BCUT2D eigenvalue weighted by Crippen LogP contribution is 2.38. The Kier molecular flexibility index (Phi) is 6.66. The molecular formula is C31H28N6O2S. The molecule has 200 valence electrons. The Hall–Kier alpha value is -4.39. The zero-order chi connectivity index (χ0) is 27.9. The standard InChI is InChI=1S/C31H28N6O2S/c1-19-8-11-22(12-9-19)34-28-25(16-32)24-15-31(2,3)39-17-26(24)29-35-36-30(37(28)29)40-18-27(38)33-23-13-10-20-6-4-5-7-21(20)14-23/h4-14,34H,15,17-18H2,1-3H3,(H,33,38). The number of nitrogens with zero attached hydrogens (tertiary/aromatic N) is 4. The van der Waals surface area contributed by atoms with Gasteiger partial charge in [0.25, 0.3) is 0 Å². The molecule has 1 aliphatic heterocycles. The van der Waals surface area contributed by atoms with Crippen molar-refractivity contribution in [3.05, 3.63) is 89.0 Å². The molecule has 2 N–H and O–H groups in total. The van der Waals surface area contributed by atoms with Crippen LogP contribution in [-0.4, -0.2) is 31.9 Å². The van der Waals surface area contributed by atoms with Crippen LogP contribution in [0.3, 0.4) is 0 Å². The second-order valence-electron chi connectivity index (χ2n) is 10.5. The number of aromatic nitrogens is 3. The zero-order valence-electron chi connectivity index (χ0n) is 22.5. The molecule has 0 fully saturated rings. The summed E-state index contributed by atoms with van der Waals surface area (Å²) in [4.78, 5) is 12.9. The summed E-state index contributed by atoms with van der Waals surface area (Å²) in [5.41, 5.74) is 5.23. The fourth-order valence-electron chi connectivity index (χ4n) is 5.00. The number of hydrogen-bond donors (Lipinski definition) is 2. The minimum Gasteiger partial charge on any atom is -0.370 e. The third kappa shape index (κ3) is 4.99. The van der Waals surface area contributed by atoms with E-state index in [4.69, 9.17) is 4.74 Å². The van der Waals surface area contributed by atoms with E-state index in [1.165, 1.54) is 11.8 Å². The van der Waals surface area contributed by atoms with Crippen molar-refractivity contribution >= 4 is 51.3 Å². The fourth-order valence-corrected chi connectivity index (χ4v) is 5.74. The first-order valence-corrected chi connectivity index (χ1v) is 14.0. The molecule has 40 heavy (non-hydrogen) atoms. The van der Waals surface area contributed by atoms with Crippen LogP contribution in [0.15, 0.2) is 71.9 Å². The smallest absolute Gasteiger partial charge is 0.234 e. The molecule has 1 aliphatic rings. The summed E-state index contributed by atoms with van der Waals surface area (Å²) < 4.78 is 7.93. The number of fused-ring (bicyclic) bond motifs is 4. The molecule has 0 atom stereocenters. The second-order valence-corrected chi connectivity index (χ2v) is 11.5. The van der Waals surface area contributed by atoms with E-state index in [0.29, 0.717) is 35.2 Å². The van der Waals surface area contributed by atoms with Gasteiger partial charge in [0.15, 0.2) is 10.8 Å². The Labute approximate surface area is 236 Å². The molecule has 0 unspecified atom stereocenters. The molecule has 0 spiro atoms. The maximum atomic E-state index is 12.9. The van der Waals surface area contributed by atoms with Gasteiger partial charge in [0.05, 0.1) is 23.5 Å². The molecule has 8 nitrogen and oxygen atoms in total. The van der Waals surface area contributed by atoms with E-state index in [0.717, 1.165) is 38.8 Å². The minimum absolute atomic E-state index is 0.125. The lowest BCUT2D eigenvalue weighted by Crippen LogP contribution is -2.33. The summed E-state index contributed by atoms with van der Waals surface area (Å²) >= 11 is 1.27. The van der Waals surface area contributed by atoms with Gasteiger partial charge in [-0.2, -0.15) is 5.26 Å². The molecule has 5 aromatic rings. The van der Waals surface area contributed by atoms with Crippen LogP contribution in [0.5, 0.6) is 0 Å². The topological polar surface area (TPSA) is 104 Å². The van der Waals surface area contributed by atoms with Gasteiger partial charge in [-0.15, -0.1) is 10.2 Å². The number of aryl methyl sites for hydroxylation is 1. The number of pyridine rings is 1. The van der Waals surface area contributed by atoms with Crippen molar-refractivity contribution in [2.45, 2.75) is 44.6 Å². The van der Waals surface area contributed by atoms with Crippen LogP contribution >= 0.6 is 11.8 Å². The van der Waals surface area contributed by atoms with Crippen molar-refractivity contribution in [1.29, 1.82) is 5.26 Å². The first kappa shape index (κ1) is 25.9. The normalized spacial score (nSPS) is 14.1. The van der Waals surface area contributed by atoms with Crippen molar-refractivity contribution in [1.82, 2.24) is 14.6 Å². The number of anilines is 3. The number of nitriles is 1. The van der Waals surface area contributed by atoms with Gasteiger partial charge in [0.2, 0.25) is 5.91 Å². The Morgan fingerprint density at radius 1 is 1.05 bits per heavy atom. The van der Waals surface area contributed by atoms with Crippen LogP contribution in [0.25, 0.3) is 16.4 Å². The van der Waals surface area contributed by atoms with E-state index in [1.807, 2.05) is 91.9 Å². The molecule has 0 saturated heterocycles. The van der Waals surface area contributed by atoms with Crippen molar-refractivity contribution in [3.8, 4) is 6.07 Å². The van der Waals surface area contributed by atoms with E-state index in [1.54, 1.807) is 0 Å². The Morgan fingerprint density at radius 3 is 2.58 bits per heavy atom. The number of amides is 1. The fraction of sp³-hybridized carbons (Fsp3) is 0.226. The molecule has 3 heterocycles.